The molecule has 0 radical (unpaired) electrons. The highest BCUT2D eigenvalue weighted by Crippen LogP contribution is 2.30. The molecule has 1 atom stereocenters. The summed E-state index contributed by atoms with van der Waals surface area (Å²) in [5.41, 5.74) is 0.166. The first-order valence-corrected chi connectivity index (χ1v) is 13.3. The second-order valence-corrected chi connectivity index (χ2v) is 11.8. The third-order valence-corrected chi connectivity index (χ3v) is 8.72. The Morgan fingerprint density at radius 3 is 2.44 bits per heavy atom. The highest BCUT2D eigenvalue weighted by molar-refractivity contribution is 7.89. The Labute approximate surface area is 193 Å². The molecule has 2 fully saturated rings. The Balaban J connectivity index is 1.76. The fourth-order valence-corrected chi connectivity index (χ4v) is 6.39. The number of benzene rings is 1. The van der Waals surface area contributed by atoms with Gasteiger partial charge in [-0.1, -0.05) is 19.8 Å². The summed E-state index contributed by atoms with van der Waals surface area (Å²) in [6.07, 6.45) is 6.21. The standard InChI is InChI=1S/C24H39N3O4S/c1-19-10-9-13-26(17-19)24(2,3)18-25-23(28)20-11-12-21(31-4)22(16-20)32(29,30)27-14-7-5-6-8-15-27/h11-12,16,19H,5-10,13-15,17-18H2,1-4H3,(H,25,28). The fourth-order valence-electron chi connectivity index (χ4n) is 4.69. The quantitative estimate of drug-likeness (QED) is 0.667. The third kappa shape index (κ3) is 5.83. The summed E-state index contributed by atoms with van der Waals surface area (Å²) in [6.45, 7) is 10.1. The van der Waals surface area contributed by atoms with Gasteiger partial charge in [0, 0.05) is 37.3 Å². The Hall–Kier alpha value is -1.64. The minimum absolute atomic E-state index is 0.0682. The zero-order valence-electron chi connectivity index (χ0n) is 20.0. The van der Waals surface area contributed by atoms with Crippen molar-refractivity contribution in [3.05, 3.63) is 23.8 Å². The van der Waals surface area contributed by atoms with E-state index in [4.69, 9.17) is 4.74 Å². The number of hydrogen-bond donors (Lipinski definition) is 1. The predicted molar refractivity (Wildman–Crippen MR) is 127 cm³/mol. The van der Waals surface area contributed by atoms with Crippen molar-refractivity contribution >= 4 is 15.9 Å². The van der Waals surface area contributed by atoms with Gasteiger partial charge in [0.2, 0.25) is 10.0 Å². The molecule has 1 aromatic rings. The zero-order valence-corrected chi connectivity index (χ0v) is 20.8. The van der Waals surface area contributed by atoms with Gasteiger partial charge in [-0.2, -0.15) is 4.31 Å². The van der Waals surface area contributed by atoms with Crippen LogP contribution in [0.15, 0.2) is 23.1 Å². The van der Waals surface area contributed by atoms with Crippen LogP contribution < -0.4 is 10.1 Å². The Morgan fingerprint density at radius 2 is 1.81 bits per heavy atom. The van der Waals surface area contributed by atoms with Crippen LogP contribution in [0.1, 0.15) is 69.7 Å². The number of hydrogen-bond acceptors (Lipinski definition) is 5. The molecule has 0 spiro atoms. The summed E-state index contributed by atoms with van der Waals surface area (Å²) < 4.78 is 33.6. The number of piperidine rings is 1. The number of amides is 1. The van der Waals surface area contributed by atoms with Crippen LogP contribution in [0.2, 0.25) is 0 Å². The van der Waals surface area contributed by atoms with E-state index in [2.05, 4.69) is 31.0 Å². The summed E-state index contributed by atoms with van der Waals surface area (Å²) in [7, 11) is -2.27. The molecule has 1 N–H and O–H groups in total. The van der Waals surface area contributed by atoms with Crippen molar-refractivity contribution in [1.29, 1.82) is 0 Å². The molecule has 8 heteroatoms. The zero-order chi connectivity index (χ0) is 23.4. The van der Waals surface area contributed by atoms with E-state index >= 15 is 0 Å². The molecule has 0 aromatic heterocycles. The summed E-state index contributed by atoms with van der Waals surface area (Å²) in [6, 6.07) is 4.67. The van der Waals surface area contributed by atoms with Gasteiger partial charge in [-0.25, -0.2) is 8.42 Å². The second kappa shape index (κ2) is 10.5. The Bertz CT molecular complexity index is 893. The van der Waals surface area contributed by atoms with Gasteiger partial charge in [-0.05, 0) is 70.2 Å². The molecule has 7 nitrogen and oxygen atoms in total. The van der Waals surface area contributed by atoms with Crippen molar-refractivity contribution in [3.8, 4) is 5.75 Å². The van der Waals surface area contributed by atoms with Crippen molar-refractivity contribution < 1.29 is 17.9 Å². The molecule has 0 saturated carbocycles. The van der Waals surface area contributed by atoms with E-state index in [0.29, 0.717) is 31.1 Å². The first-order chi connectivity index (χ1) is 15.1. The van der Waals surface area contributed by atoms with Crippen LogP contribution in [0.3, 0.4) is 0 Å². The summed E-state index contributed by atoms with van der Waals surface area (Å²) >= 11 is 0. The number of carbonyl (C=O) groups is 1. The van der Waals surface area contributed by atoms with Crippen LogP contribution in [-0.4, -0.2) is 68.9 Å². The van der Waals surface area contributed by atoms with Crippen molar-refractivity contribution in [2.45, 2.75) is 69.7 Å². The molecule has 1 unspecified atom stereocenters. The highest BCUT2D eigenvalue weighted by Gasteiger charge is 2.32. The molecule has 180 valence electrons. The average Bonchev–Trinajstić information content (AvgIpc) is 3.07. The van der Waals surface area contributed by atoms with E-state index in [9.17, 15) is 13.2 Å². The topological polar surface area (TPSA) is 79.0 Å². The van der Waals surface area contributed by atoms with Crippen LogP contribution in [0.5, 0.6) is 5.75 Å². The molecule has 2 aliphatic heterocycles. The minimum atomic E-state index is -3.73. The van der Waals surface area contributed by atoms with E-state index in [1.165, 1.54) is 30.3 Å². The van der Waals surface area contributed by atoms with E-state index in [1.807, 2.05) is 0 Å². The summed E-state index contributed by atoms with van der Waals surface area (Å²) in [4.78, 5) is 15.5. The molecule has 2 heterocycles. The lowest BCUT2D eigenvalue weighted by atomic mass is 9.93. The first kappa shape index (κ1) is 25.0. The number of ether oxygens (including phenoxy) is 1. The van der Waals surface area contributed by atoms with Crippen molar-refractivity contribution in [1.82, 2.24) is 14.5 Å². The van der Waals surface area contributed by atoms with Gasteiger partial charge in [-0.3, -0.25) is 9.69 Å². The lowest BCUT2D eigenvalue weighted by Gasteiger charge is -2.43. The largest absolute Gasteiger partial charge is 0.495 e. The third-order valence-electron chi connectivity index (χ3n) is 6.80. The van der Waals surface area contributed by atoms with Crippen LogP contribution >= 0.6 is 0 Å². The van der Waals surface area contributed by atoms with Crippen molar-refractivity contribution in [3.63, 3.8) is 0 Å². The summed E-state index contributed by atoms with van der Waals surface area (Å²) in [5, 5.41) is 3.03. The molecule has 1 aromatic carbocycles. The van der Waals surface area contributed by atoms with Gasteiger partial charge in [0.25, 0.3) is 5.91 Å². The van der Waals surface area contributed by atoms with E-state index in [0.717, 1.165) is 38.8 Å². The van der Waals surface area contributed by atoms with Gasteiger partial charge in [0.1, 0.15) is 10.6 Å². The fraction of sp³-hybridized carbons (Fsp3) is 0.708. The molecule has 32 heavy (non-hydrogen) atoms. The molecular formula is C24H39N3O4S. The number of nitrogens with zero attached hydrogens (tertiary/aromatic N) is 2. The molecule has 2 saturated heterocycles. The maximum absolute atomic E-state index is 13.4. The van der Waals surface area contributed by atoms with Gasteiger partial charge in [0.05, 0.1) is 7.11 Å². The molecule has 0 aliphatic carbocycles. The maximum Gasteiger partial charge on any atom is 0.251 e. The molecule has 2 aliphatic rings. The lowest BCUT2D eigenvalue weighted by molar-refractivity contribution is 0.0657. The second-order valence-electron chi connectivity index (χ2n) is 9.87. The lowest BCUT2D eigenvalue weighted by Crippen LogP contribution is -2.54. The number of rotatable bonds is 7. The van der Waals surface area contributed by atoms with Crippen molar-refractivity contribution in [2.24, 2.45) is 5.92 Å². The maximum atomic E-state index is 13.4. The molecule has 3 rings (SSSR count). The smallest absolute Gasteiger partial charge is 0.251 e. The van der Waals surface area contributed by atoms with Crippen LogP contribution in [0.25, 0.3) is 0 Å². The monoisotopic (exact) mass is 465 g/mol. The molecular weight excluding hydrogens is 426 g/mol. The SMILES string of the molecule is COc1ccc(C(=O)NCC(C)(C)N2CCCC(C)C2)cc1S(=O)(=O)N1CCCCCC1. The Morgan fingerprint density at radius 1 is 1.12 bits per heavy atom. The van der Waals surface area contributed by atoms with Crippen LogP contribution in [-0.2, 0) is 10.0 Å². The normalized spacial score (nSPS) is 21.7. The van der Waals surface area contributed by atoms with Crippen LogP contribution in [0.4, 0.5) is 0 Å². The number of likely N-dealkylation sites (tertiary alicyclic amines) is 1. The number of sulfonamides is 1. The van der Waals surface area contributed by atoms with E-state index in [1.54, 1.807) is 12.1 Å². The molecule has 1 amide bonds. The predicted octanol–water partition coefficient (Wildman–Crippen LogP) is 3.50. The van der Waals surface area contributed by atoms with Gasteiger partial charge >= 0.3 is 0 Å². The highest BCUT2D eigenvalue weighted by atomic mass is 32.2. The van der Waals surface area contributed by atoms with Gasteiger partial charge in [-0.15, -0.1) is 0 Å². The number of nitrogens with one attached hydrogen (secondary N) is 1. The summed E-state index contributed by atoms with van der Waals surface area (Å²) in [5.74, 6) is 0.665. The van der Waals surface area contributed by atoms with Gasteiger partial charge in [0.15, 0.2) is 0 Å². The first-order valence-electron chi connectivity index (χ1n) is 11.9. The number of methoxy groups -OCH3 is 1. The van der Waals surface area contributed by atoms with Crippen LogP contribution in [0, 0.1) is 5.92 Å². The number of carbonyl (C=O) groups excluding carboxylic acids is 1. The van der Waals surface area contributed by atoms with Crippen molar-refractivity contribution in [2.75, 3.05) is 39.8 Å². The molecule has 0 bridgehead atoms. The minimum Gasteiger partial charge on any atom is -0.495 e. The van der Waals surface area contributed by atoms with E-state index in [-0.39, 0.29) is 22.1 Å². The van der Waals surface area contributed by atoms with E-state index < -0.39 is 10.0 Å². The Kier molecular flexibility index (Phi) is 8.22. The van der Waals surface area contributed by atoms with Gasteiger partial charge < -0.3 is 10.1 Å². The average molecular weight is 466 g/mol.